The van der Waals surface area contributed by atoms with Gasteiger partial charge in [0, 0.05) is 5.39 Å². The summed E-state index contributed by atoms with van der Waals surface area (Å²) in [5, 5.41) is 1.05. The van der Waals surface area contributed by atoms with E-state index in [1.165, 1.54) is 12.0 Å². The molecule has 174 valence electrons. The molecule has 0 saturated heterocycles. The van der Waals surface area contributed by atoms with Crippen LogP contribution in [-0.2, 0) is 12.0 Å². The Labute approximate surface area is 197 Å². The molecule has 0 aliphatic rings. The van der Waals surface area contributed by atoms with E-state index >= 15 is 0 Å². The fourth-order valence-electron chi connectivity index (χ4n) is 4.31. The van der Waals surface area contributed by atoms with Gasteiger partial charge in [0.25, 0.3) is 0 Å². The maximum Gasteiger partial charge on any atom is 0.152 e. The zero-order chi connectivity index (χ0) is 23.8. The van der Waals surface area contributed by atoms with Gasteiger partial charge in [0.15, 0.2) is 5.82 Å². The first kappa shape index (κ1) is 23.1. The van der Waals surface area contributed by atoms with Gasteiger partial charge in [-0.2, -0.15) is 0 Å². The number of nitrogen functional groups attached to an aromatic ring is 1. The fraction of sp³-hybridized carbons (Fsp3) is 0.429. The van der Waals surface area contributed by atoms with Crippen LogP contribution in [-0.4, -0.2) is 20.6 Å². The molecule has 2 aromatic carbocycles. The monoisotopic (exact) mass is 444 g/mol. The number of anilines is 1. The maximum atomic E-state index is 6.27. The third kappa shape index (κ3) is 5.13. The van der Waals surface area contributed by atoms with Crippen LogP contribution in [0.2, 0.25) is 0 Å². The molecule has 1 unspecified atom stereocenters. The summed E-state index contributed by atoms with van der Waals surface area (Å²) in [6.45, 7) is 14.3. The Bertz CT molecular complexity index is 1250. The Morgan fingerprint density at radius 2 is 1.67 bits per heavy atom. The molecule has 0 radical (unpaired) electrons. The van der Waals surface area contributed by atoms with Crippen molar-refractivity contribution >= 4 is 27.8 Å². The Balaban J connectivity index is 1.48. The van der Waals surface area contributed by atoms with Crippen LogP contribution in [0.15, 0.2) is 54.9 Å². The van der Waals surface area contributed by atoms with Crippen LogP contribution in [0.4, 0.5) is 5.82 Å². The summed E-state index contributed by atoms with van der Waals surface area (Å²) in [5.74, 6) is 1.34. The van der Waals surface area contributed by atoms with E-state index in [0.29, 0.717) is 17.8 Å². The lowest BCUT2D eigenvalue weighted by Gasteiger charge is -2.29. The van der Waals surface area contributed by atoms with Crippen molar-refractivity contribution in [2.24, 2.45) is 5.41 Å². The highest BCUT2D eigenvalue weighted by atomic mass is 16.5. The first-order valence-corrected chi connectivity index (χ1v) is 11.8. The molecule has 5 nitrogen and oxygen atoms in total. The minimum atomic E-state index is -0.0321. The van der Waals surface area contributed by atoms with E-state index in [9.17, 15) is 0 Å². The molecule has 0 bridgehead atoms. The zero-order valence-corrected chi connectivity index (χ0v) is 20.7. The van der Waals surface area contributed by atoms with Gasteiger partial charge in [-0.15, -0.1) is 0 Å². The molecule has 33 heavy (non-hydrogen) atoms. The average molecular weight is 445 g/mol. The standard InChI is InChI=1S/C28H36N4O/c1-19(33-21-13-11-20(12-14-21)28(5,6)16-15-27(2,3)4)17-32-18-30-24-25(32)22-9-7-8-10-23(22)31-26(24)29/h7-14,18-19H,15-17H2,1-6H3,(H2,29,31). The molecule has 2 N–H and O–H groups in total. The summed E-state index contributed by atoms with van der Waals surface area (Å²) >= 11 is 0. The van der Waals surface area contributed by atoms with Crippen molar-refractivity contribution in [3.05, 3.63) is 60.4 Å². The number of hydrogen-bond donors (Lipinski definition) is 1. The predicted molar refractivity (Wildman–Crippen MR) is 138 cm³/mol. The highest BCUT2D eigenvalue weighted by Crippen LogP contribution is 2.34. The third-order valence-electron chi connectivity index (χ3n) is 6.41. The van der Waals surface area contributed by atoms with Crippen molar-refractivity contribution in [3.8, 4) is 5.75 Å². The topological polar surface area (TPSA) is 66.0 Å². The van der Waals surface area contributed by atoms with Crippen LogP contribution in [0, 0.1) is 5.41 Å². The molecular formula is C28H36N4O. The molecule has 0 aliphatic carbocycles. The first-order valence-electron chi connectivity index (χ1n) is 11.8. The van der Waals surface area contributed by atoms with Gasteiger partial charge in [0.1, 0.15) is 17.4 Å². The third-order valence-corrected chi connectivity index (χ3v) is 6.41. The van der Waals surface area contributed by atoms with Gasteiger partial charge >= 0.3 is 0 Å². The molecule has 0 saturated carbocycles. The smallest absolute Gasteiger partial charge is 0.152 e. The largest absolute Gasteiger partial charge is 0.489 e. The van der Waals surface area contributed by atoms with Gasteiger partial charge in [-0.25, -0.2) is 9.97 Å². The van der Waals surface area contributed by atoms with E-state index in [1.807, 2.05) is 24.5 Å². The van der Waals surface area contributed by atoms with Crippen LogP contribution in [0.5, 0.6) is 5.75 Å². The summed E-state index contributed by atoms with van der Waals surface area (Å²) in [7, 11) is 0. The lowest BCUT2D eigenvalue weighted by Crippen LogP contribution is -2.21. The number of imidazole rings is 1. The summed E-state index contributed by atoms with van der Waals surface area (Å²) < 4.78 is 8.38. The molecule has 4 rings (SSSR count). The van der Waals surface area contributed by atoms with Crippen molar-refractivity contribution < 1.29 is 4.74 Å². The summed E-state index contributed by atoms with van der Waals surface area (Å²) in [6, 6.07) is 16.6. The number of rotatable bonds is 7. The second-order valence-corrected chi connectivity index (χ2v) is 11.0. The van der Waals surface area contributed by atoms with Gasteiger partial charge in [0.2, 0.25) is 0 Å². The van der Waals surface area contributed by atoms with Crippen LogP contribution < -0.4 is 10.5 Å². The van der Waals surface area contributed by atoms with E-state index < -0.39 is 0 Å². The minimum absolute atomic E-state index is 0.0321. The van der Waals surface area contributed by atoms with Crippen LogP contribution in [0.1, 0.15) is 59.9 Å². The predicted octanol–water partition coefficient (Wildman–Crippen LogP) is 6.74. The van der Waals surface area contributed by atoms with E-state index in [1.54, 1.807) is 0 Å². The van der Waals surface area contributed by atoms with Gasteiger partial charge < -0.3 is 15.0 Å². The first-order chi connectivity index (χ1) is 15.5. The van der Waals surface area contributed by atoms with Crippen molar-refractivity contribution in [1.29, 1.82) is 0 Å². The number of benzene rings is 2. The van der Waals surface area contributed by atoms with E-state index in [2.05, 4.69) is 86.4 Å². The summed E-state index contributed by atoms with van der Waals surface area (Å²) in [4.78, 5) is 9.01. The molecule has 0 fully saturated rings. The number of fused-ring (bicyclic) bond motifs is 3. The summed E-state index contributed by atoms with van der Waals surface area (Å²) in [6.07, 6.45) is 4.15. The lowest BCUT2D eigenvalue weighted by atomic mass is 9.76. The normalized spacial score (nSPS) is 13.5. The number of hydrogen-bond acceptors (Lipinski definition) is 4. The molecule has 4 aromatic rings. The summed E-state index contributed by atoms with van der Waals surface area (Å²) in [5.41, 5.74) is 10.6. The highest BCUT2D eigenvalue weighted by Gasteiger charge is 2.23. The van der Waals surface area contributed by atoms with E-state index in [4.69, 9.17) is 10.5 Å². The maximum absolute atomic E-state index is 6.27. The van der Waals surface area contributed by atoms with Gasteiger partial charge in [0.05, 0.1) is 23.9 Å². The Morgan fingerprint density at radius 1 is 0.970 bits per heavy atom. The van der Waals surface area contributed by atoms with Gasteiger partial charge in [-0.05, 0) is 54.4 Å². The number of pyridine rings is 1. The van der Waals surface area contributed by atoms with Gasteiger partial charge in [-0.3, -0.25) is 0 Å². The van der Waals surface area contributed by atoms with Crippen molar-refractivity contribution in [1.82, 2.24) is 14.5 Å². The molecule has 2 aromatic heterocycles. The second-order valence-electron chi connectivity index (χ2n) is 11.0. The fourth-order valence-corrected chi connectivity index (χ4v) is 4.31. The number of nitrogens with two attached hydrogens (primary N) is 1. The van der Waals surface area contributed by atoms with Crippen molar-refractivity contribution in [2.45, 2.75) is 72.4 Å². The SMILES string of the molecule is CC(Cn1cnc2c(N)nc3ccccc3c21)Oc1ccc(C(C)(C)CCC(C)(C)C)cc1. The number of nitrogens with zero attached hydrogens (tertiary/aromatic N) is 3. The molecule has 0 amide bonds. The van der Waals surface area contributed by atoms with Gasteiger partial charge in [-0.1, -0.05) is 65.0 Å². The van der Waals surface area contributed by atoms with Crippen LogP contribution in [0.25, 0.3) is 21.9 Å². The molecule has 5 heteroatoms. The van der Waals surface area contributed by atoms with E-state index in [0.717, 1.165) is 34.1 Å². The molecule has 2 heterocycles. The second kappa shape index (κ2) is 8.69. The van der Waals surface area contributed by atoms with Crippen molar-refractivity contribution in [2.75, 3.05) is 5.73 Å². The number of ether oxygens (including phenoxy) is 1. The zero-order valence-electron chi connectivity index (χ0n) is 20.7. The Hall–Kier alpha value is -3.08. The van der Waals surface area contributed by atoms with E-state index in [-0.39, 0.29) is 11.5 Å². The highest BCUT2D eigenvalue weighted by molar-refractivity contribution is 6.06. The van der Waals surface area contributed by atoms with Crippen molar-refractivity contribution in [3.63, 3.8) is 0 Å². The molecule has 1 atom stereocenters. The molecular weight excluding hydrogens is 408 g/mol. The molecule has 0 aliphatic heterocycles. The average Bonchev–Trinajstić information content (AvgIpc) is 3.17. The molecule has 0 spiro atoms. The number of aromatic nitrogens is 3. The minimum Gasteiger partial charge on any atom is -0.489 e. The number of para-hydroxylation sites is 1. The quantitative estimate of drug-likeness (QED) is 0.343. The van der Waals surface area contributed by atoms with Crippen LogP contribution in [0.3, 0.4) is 0 Å². The lowest BCUT2D eigenvalue weighted by molar-refractivity contribution is 0.201. The Kier molecular flexibility index (Phi) is 6.08. The van der Waals surface area contributed by atoms with Crippen LogP contribution >= 0.6 is 0 Å². The Morgan fingerprint density at radius 3 is 2.36 bits per heavy atom.